The second-order valence-corrected chi connectivity index (χ2v) is 4.45. The molecule has 0 aromatic carbocycles. The number of imide groups is 1. The van der Waals surface area contributed by atoms with Crippen LogP contribution in [-0.4, -0.2) is 35.7 Å². The summed E-state index contributed by atoms with van der Waals surface area (Å²) in [6.45, 7) is 4.42. The number of hydrogen-bond acceptors (Lipinski definition) is 3. The fourth-order valence-electron chi connectivity index (χ4n) is 1.86. The molecule has 1 aliphatic rings. The molecular formula is C11H18N2O3. The lowest BCUT2D eigenvalue weighted by atomic mass is 10.0. The number of carbonyl (C=O) groups excluding carboxylic acids is 3. The summed E-state index contributed by atoms with van der Waals surface area (Å²) in [5.74, 6) is -0.117. The second-order valence-electron chi connectivity index (χ2n) is 4.45. The van der Waals surface area contributed by atoms with E-state index in [1.54, 1.807) is 0 Å². The average Bonchev–Trinajstić information content (AvgIpc) is 2.62. The van der Waals surface area contributed by atoms with E-state index in [1.165, 1.54) is 4.90 Å². The molecule has 0 saturated carbocycles. The Bertz CT molecular complexity index is 289. The fraction of sp³-hybridized carbons (Fsp3) is 0.727. The van der Waals surface area contributed by atoms with E-state index in [-0.39, 0.29) is 11.8 Å². The van der Waals surface area contributed by atoms with E-state index in [0.717, 1.165) is 6.42 Å². The molecule has 5 heteroatoms. The Morgan fingerprint density at radius 1 is 1.56 bits per heavy atom. The average molecular weight is 226 g/mol. The summed E-state index contributed by atoms with van der Waals surface area (Å²) in [4.78, 5) is 35.0. The molecule has 0 aromatic heterocycles. The largest absolute Gasteiger partial charge is 0.347 e. The van der Waals surface area contributed by atoms with Crippen LogP contribution in [0.2, 0.25) is 0 Å². The Morgan fingerprint density at radius 2 is 2.25 bits per heavy atom. The molecule has 1 N–H and O–H groups in total. The van der Waals surface area contributed by atoms with Crippen molar-refractivity contribution in [3.63, 3.8) is 0 Å². The van der Waals surface area contributed by atoms with Gasteiger partial charge in [-0.1, -0.05) is 13.8 Å². The Hall–Kier alpha value is -1.39. The van der Waals surface area contributed by atoms with Crippen molar-refractivity contribution in [2.45, 2.75) is 39.2 Å². The van der Waals surface area contributed by atoms with Crippen LogP contribution in [0, 0.1) is 5.92 Å². The van der Waals surface area contributed by atoms with Gasteiger partial charge in [-0.15, -0.1) is 0 Å². The molecule has 1 saturated heterocycles. The molecule has 1 atom stereocenters. The highest BCUT2D eigenvalue weighted by Gasteiger charge is 2.31. The Kier molecular flexibility index (Phi) is 4.46. The van der Waals surface area contributed by atoms with Gasteiger partial charge in [0, 0.05) is 13.0 Å². The summed E-state index contributed by atoms with van der Waals surface area (Å²) in [5.41, 5.74) is 0. The van der Waals surface area contributed by atoms with Crippen molar-refractivity contribution < 1.29 is 14.4 Å². The Morgan fingerprint density at radius 3 is 2.69 bits per heavy atom. The monoisotopic (exact) mass is 226 g/mol. The molecule has 0 unspecified atom stereocenters. The third-order valence-electron chi connectivity index (χ3n) is 2.61. The molecule has 1 aliphatic heterocycles. The predicted molar refractivity (Wildman–Crippen MR) is 58.4 cm³/mol. The van der Waals surface area contributed by atoms with Crippen molar-refractivity contribution in [3.8, 4) is 0 Å². The smallest absolute Gasteiger partial charge is 0.251 e. The molecular weight excluding hydrogens is 208 g/mol. The number of nitrogens with zero attached hydrogens (tertiary/aromatic N) is 1. The second kappa shape index (κ2) is 5.63. The standard InChI is InChI=1S/C11H18N2O3/c1-8(2)6-9(12-7-14)11(16)13-5-3-4-10(13)15/h7-9H,3-6H2,1-2H3,(H,12,14)/t9-/m0/s1. The predicted octanol–water partition coefficient (Wildman–Crippen LogP) is 0.296. The van der Waals surface area contributed by atoms with Gasteiger partial charge in [-0.3, -0.25) is 19.3 Å². The first-order valence-electron chi connectivity index (χ1n) is 5.60. The molecule has 0 aliphatic carbocycles. The Balaban J connectivity index is 2.65. The van der Waals surface area contributed by atoms with Gasteiger partial charge in [0.1, 0.15) is 6.04 Å². The molecule has 0 bridgehead atoms. The zero-order valence-electron chi connectivity index (χ0n) is 9.73. The number of rotatable bonds is 5. The number of likely N-dealkylation sites (tertiary alicyclic amines) is 1. The maximum atomic E-state index is 12.0. The molecule has 1 rings (SSSR count). The third kappa shape index (κ3) is 3.05. The SMILES string of the molecule is CC(C)C[C@H](NC=O)C(=O)N1CCCC1=O. The summed E-state index contributed by atoms with van der Waals surface area (Å²) in [7, 11) is 0. The van der Waals surface area contributed by atoms with Gasteiger partial charge >= 0.3 is 0 Å². The molecule has 0 aromatic rings. The normalized spacial score (nSPS) is 17.7. The van der Waals surface area contributed by atoms with Crippen LogP contribution >= 0.6 is 0 Å². The molecule has 16 heavy (non-hydrogen) atoms. The van der Waals surface area contributed by atoms with Crippen molar-refractivity contribution >= 4 is 18.2 Å². The maximum Gasteiger partial charge on any atom is 0.251 e. The van der Waals surface area contributed by atoms with Gasteiger partial charge in [-0.05, 0) is 18.8 Å². The van der Waals surface area contributed by atoms with E-state index in [1.807, 2.05) is 13.8 Å². The first kappa shape index (κ1) is 12.7. The molecule has 90 valence electrons. The topological polar surface area (TPSA) is 66.5 Å². The molecule has 0 radical (unpaired) electrons. The Labute approximate surface area is 95.2 Å². The van der Waals surface area contributed by atoms with Crippen LogP contribution in [0.4, 0.5) is 0 Å². The van der Waals surface area contributed by atoms with Crippen LogP contribution in [0.3, 0.4) is 0 Å². The minimum absolute atomic E-state index is 0.133. The zero-order valence-corrected chi connectivity index (χ0v) is 9.73. The van der Waals surface area contributed by atoms with Crippen molar-refractivity contribution in [3.05, 3.63) is 0 Å². The quantitative estimate of drug-likeness (QED) is 0.685. The van der Waals surface area contributed by atoms with Crippen LogP contribution < -0.4 is 5.32 Å². The van der Waals surface area contributed by atoms with Gasteiger partial charge in [-0.25, -0.2) is 0 Å². The number of nitrogens with one attached hydrogen (secondary N) is 1. The van der Waals surface area contributed by atoms with Crippen molar-refractivity contribution in [1.82, 2.24) is 10.2 Å². The van der Waals surface area contributed by atoms with Crippen LogP contribution in [-0.2, 0) is 14.4 Å². The van der Waals surface area contributed by atoms with Crippen molar-refractivity contribution in [2.24, 2.45) is 5.92 Å². The first-order chi connectivity index (χ1) is 7.56. The minimum atomic E-state index is -0.570. The van der Waals surface area contributed by atoms with Crippen molar-refractivity contribution in [2.75, 3.05) is 6.54 Å². The van der Waals surface area contributed by atoms with Gasteiger partial charge in [0.15, 0.2) is 0 Å². The highest BCUT2D eigenvalue weighted by atomic mass is 16.2. The molecule has 0 spiro atoms. The fourth-order valence-corrected chi connectivity index (χ4v) is 1.86. The molecule has 5 nitrogen and oxygen atoms in total. The summed E-state index contributed by atoms with van der Waals surface area (Å²) in [6.07, 6.45) is 2.23. The van der Waals surface area contributed by atoms with Gasteiger partial charge < -0.3 is 5.32 Å². The van der Waals surface area contributed by atoms with Crippen LogP contribution in [0.25, 0.3) is 0 Å². The minimum Gasteiger partial charge on any atom is -0.347 e. The van der Waals surface area contributed by atoms with Crippen molar-refractivity contribution in [1.29, 1.82) is 0 Å². The zero-order chi connectivity index (χ0) is 12.1. The van der Waals surface area contributed by atoms with Crippen LogP contribution in [0.15, 0.2) is 0 Å². The van der Waals surface area contributed by atoms with Crippen LogP contribution in [0.1, 0.15) is 33.1 Å². The van der Waals surface area contributed by atoms with E-state index in [9.17, 15) is 14.4 Å². The summed E-state index contributed by atoms with van der Waals surface area (Å²) < 4.78 is 0. The lowest BCUT2D eigenvalue weighted by Gasteiger charge is -2.22. The summed E-state index contributed by atoms with van der Waals surface area (Å²) >= 11 is 0. The van der Waals surface area contributed by atoms with Gasteiger partial charge in [0.05, 0.1) is 0 Å². The highest BCUT2D eigenvalue weighted by Crippen LogP contribution is 2.14. The van der Waals surface area contributed by atoms with E-state index in [0.29, 0.717) is 31.7 Å². The van der Waals surface area contributed by atoms with Crippen LogP contribution in [0.5, 0.6) is 0 Å². The third-order valence-corrected chi connectivity index (χ3v) is 2.61. The van der Waals surface area contributed by atoms with Gasteiger partial charge in [0.2, 0.25) is 12.3 Å². The summed E-state index contributed by atoms with van der Waals surface area (Å²) in [5, 5.41) is 2.49. The summed E-state index contributed by atoms with van der Waals surface area (Å²) in [6, 6.07) is -0.570. The highest BCUT2D eigenvalue weighted by molar-refractivity contribution is 5.99. The number of amides is 3. The van der Waals surface area contributed by atoms with E-state index in [2.05, 4.69) is 5.32 Å². The lowest BCUT2D eigenvalue weighted by Crippen LogP contribution is -2.47. The molecule has 3 amide bonds. The maximum absolute atomic E-state index is 12.0. The lowest BCUT2D eigenvalue weighted by molar-refractivity contribution is -0.144. The van der Waals surface area contributed by atoms with Gasteiger partial charge in [-0.2, -0.15) is 0 Å². The van der Waals surface area contributed by atoms with Gasteiger partial charge in [0.25, 0.3) is 5.91 Å². The first-order valence-corrected chi connectivity index (χ1v) is 5.60. The molecule has 1 fully saturated rings. The van der Waals surface area contributed by atoms with E-state index < -0.39 is 6.04 Å². The van der Waals surface area contributed by atoms with E-state index in [4.69, 9.17) is 0 Å². The number of hydrogen-bond donors (Lipinski definition) is 1. The van der Waals surface area contributed by atoms with E-state index >= 15 is 0 Å². The number of carbonyl (C=O) groups is 3. The molecule has 1 heterocycles.